The van der Waals surface area contributed by atoms with E-state index in [4.69, 9.17) is 5.10 Å². The number of carbonyl (C=O) groups excluding carboxylic acids is 1. The van der Waals surface area contributed by atoms with Gasteiger partial charge >= 0.3 is 0 Å². The maximum Gasteiger partial charge on any atom is 0.276 e. The molecule has 164 valence electrons. The van der Waals surface area contributed by atoms with Gasteiger partial charge in [0.05, 0.1) is 17.0 Å². The number of hydrogen-bond acceptors (Lipinski definition) is 5. The Bertz CT molecular complexity index is 1300. The molecule has 0 atom stereocenters. The predicted octanol–water partition coefficient (Wildman–Crippen LogP) is 3.59. The lowest BCUT2D eigenvalue weighted by atomic mass is 9.97. The van der Waals surface area contributed by atoms with Crippen molar-refractivity contribution in [3.8, 4) is 11.1 Å². The molecule has 1 aliphatic rings. The molecule has 7 heteroatoms. The average molecular weight is 429 g/mol. The zero-order valence-electron chi connectivity index (χ0n) is 18.9. The van der Waals surface area contributed by atoms with Gasteiger partial charge in [0.25, 0.3) is 5.91 Å². The highest BCUT2D eigenvalue weighted by molar-refractivity contribution is 6.00. The molecular formula is C25H28N6O. The molecule has 1 saturated heterocycles. The molecule has 1 amide bonds. The molecule has 1 fully saturated rings. The van der Waals surface area contributed by atoms with E-state index in [0.717, 1.165) is 54.0 Å². The van der Waals surface area contributed by atoms with E-state index in [2.05, 4.69) is 65.3 Å². The molecule has 32 heavy (non-hydrogen) atoms. The van der Waals surface area contributed by atoms with Crippen LogP contribution in [0.2, 0.25) is 0 Å². The Balaban J connectivity index is 1.60. The van der Waals surface area contributed by atoms with Crippen LogP contribution >= 0.6 is 0 Å². The molecule has 0 N–H and O–H groups in total. The number of rotatable bonds is 4. The molecule has 1 aliphatic heterocycles. The van der Waals surface area contributed by atoms with Crippen molar-refractivity contribution in [2.75, 3.05) is 32.7 Å². The molecule has 0 saturated carbocycles. The van der Waals surface area contributed by atoms with Gasteiger partial charge in [-0.3, -0.25) is 4.79 Å². The van der Waals surface area contributed by atoms with Gasteiger partial charge in [0, 0.05) is 26.2 Å². The van der Waals surface area contributed by atoms with Crippen LogP contribution in [0.4, 0.5) is 0 Å². The summed E-state index contributed by atoms with van der Waals surface area (Å²) in [6.45, 7) is 10.4. The summed E-state index contributed by atoms with van der Waals surface area (Å²) in [5, 5.41) is 16.2. The second-order valence-corrected chi connectivity index (χ2v) is 8.30. The Morgan fingerprint density at radius 3 is 2.47 bits per heavy atom. The fourth-order valence-electron chi connectivity index (χ4n) is 4.63. The topological polar surface area (TPSA) is 66.6 Å². The van der Waals surface area contributed by atoms with Gasteiger partial charge in [0.15, 0.2) is 11.3 Å². The second-order valence-electron chi connectivity index (χ2n) is 8.30. The van der Waals surface area contributed by atoms with Crippen LogP contribution in [0.15, 0.2) is 42.5 Å². The molecule has 0 aliphatic carbocycles. The number of carbonyl (C=O) groups is 1. The molecular weight excluding hydrogens is 400 g/mol. The summed E-state index contributed by atoms with van der Waals surface area (Å²) in [7, 11) is 0. The molecule has 0 radical (unpaired) electrons. The van der Waals surface area contributed by atoms with Gasteiger partial charge < -0.3 is 9.80 Å². The molecule has 2 aromatic heterocycles. The van der Waals surface area contributed by atoms with Crippen LogP contribution in [0.25, 0.3) is 27.5 Å². The van der Waals surface area contributed by atoms with Crippen LogP contribution in [-0.2, 0) is 6.42 Å². The monoisotopic (exact) mass is 428 g/mol. The number of benzene rings is 2. The molecule has 0 bridgehead atoms. The lowest BCUT2D eigenvalue weighted by molar-refractivity contribution is 0.0634. The fraction of sp³-hybridized carbons (Fsp3) is 0.360. The SMILES string of the molecule is CCc1nn2c(C)c(C(=O)N3CCN(CC)CC3)nnc2c1-c1cccc2ccccc12. The highest BCUT2D eigenvalue weighted by Crippen LogP contribution is 2.34. The first kappa shape index (κ1) is 20.6. The summed E-state index contributed by atoms with van der Waals surface area (Å²) in [6.07, 6.45) is 0.767. The largest absolute Gasteiger partial charge is 0.335 e. The third kappa shape index (κ3) is 3.33. The number of likely N-dealkylation sites (N-methyl/N-ethyl adjacent to an activating group) is 1. The molecule has 7 nitrogen and oxygen atoms in total. The van der Waals surface area contributed by atoms with Crippen LogP contribution < -0.4 is 0 Å². The van der Waals surface area contributed by atoms with Crippen LogP contribution in [0.1, 0.15) is 35.7 Å². The van der Waals surface area contributed by atoms with E-state index < -0.39 is 0 Å². The Morgan fingerprint density at radius 1 is 0.969 bits per heavy atom. The number of nitrogens with zero attached hydrogens (tertiary/aromatic N) is 6. The first-order valence-electron chi connectivity index (χ1n) is 11.4. The highest BCUT2D eigenvalue weighted by Gasteiger charge is 2.27. The number of piperazine rings is 1. The van der Waals surface area contributed by atoms with Gasteiger partial charge in [-0.2, -0.15) is 5.10 Å². The van der Waals surface area contributed by atoms with Crippen LogP contribution in [0, 0.1) is 6.92 Å². The molecule has 3 heterocycles. The summed E-state index contributed by atoms with van der Waals surface area (Å²) in [5.41, 5.74) is 4.87. The van der Waals surface area contributed by atoms with E-state index in [-0.39, 0.29) is 5.91 Å². The van der Waals surface area contributed by atoms with E-state index >= 15 is 0 Å². The van der Waals surface area contributed by atoms with Crippen LogP contribution in [-0.4, -0.2) is 68.2 Å². The van der Waals surface area contributed by atoms with E-state index in [9.17, 15) is 4.79 Å². The van der Waals surface area contributed by atoms with E-state index in [1.807, 2.05) is 17.9 Å². The van der Waals surface area contributed by atoms with Crippen molar-refractivity contribution >= 4 is 22.3 Å². The van der Waals surface area contributed by atoms with Crippen molar-refractivity contribution in [3.63, 3.8) is 0 Å². The normalized spacial score (nSPS) is 15.0. The number of fused-ring (bicyclic) bond motifs is 2. The van der Waals surface area contributed by atoms with Crippen LogP contribution in [0.5, 0.6) is 0 Å². The fourth-order valence-corrected chi connectivity index (χ4v) is 4.63. The summed E-state index contributed by atoms with van der Waals surface area (Å²) >= 11 is 0. The van der Waals surface area contributed by atoms with E-state index in [1.165, 1.54) is 5.39 Å². The summed E-state index contributed by atoms with van der Waals surface area (Å²) in [6, 6.07) is 14.6. The highest BCUT2D eigenvalue weighted by atomic mass is 16.2. The van der Waals surface area contributed by atoms with Crippen molar-refractivity contribution < 1.29 is 4.79 Å². The Labute approximate surface area is 187 Å². The predicted molar refractivity (Wildman–Crippen MR) is 126 cm³/mol. The maximum absolute atomic E-state index is 13.2. The smallest absolute Gasteiger partial charge is 0.276 e. The number of aromatic nitrogens is 4. The van der Waals surface area contributed by atoms with E-state index in [1.54, 1.807) is 4.52 Å². The minimum Gasteiger partial charge on any atom is -0.335 e. The molecule has 4 aromatic rings. The van der Waals surface area contributed by atoms with E-state index in [0.29, 0.717) is 24.4 Å². The maximum atomic E-state index is 13.2. The minimum absolute atomic E-state index is 0.0621. The van der Waals surface area contributed by atoms with Crippen molar-refractivity contribution in [1.82, 2.24) is 29.6 Å². The molecule has 2 aromatic carbocycles. The molecule has 0 spiro atoms. The molecule has 0 unspecified atom stereocenters. The summed E-state index contributed by atoms with van der Waals surface area (Å²) in [4.78, 5) is 17.5. The third-order valence-corrected chi connectivity index (χ3v) is 6.54. The van der Waals surface area contributed by atoms with Gasteiger partial charge in [0.1, 0.15) is 0 Å². The number of amides is 1. The summed E-state index contributed by atoms with van der Waals surface area (Å²) in [5.74, 6) is -0.0621. The lowest BCUT2D eigenvalue weighted by Gasteiger charge is -2.33. The third-order valence-electron chi connectivity index (χ3n) is 6.54. The average Bonchev–Trinajstić information content (AvgIpc) is 3.23. The standard InChI is InChI=1S/C25H28N6O/c1-4-21-22(20-12-8-10-18-9-6-7-11-19(18)20)24-27-26-23(17(3)31(24)28-21)25(32)30-15-13-29(5-2)14-16-30/h6-12H,4-5,13-16H2,1-3H3. The van der Waals surface area contributed by atoms with Crippen molar-refractivity contribution in [2.45, 2.75) is 27.2 Å². The van der Waals surface area contributed by atoms with Gasteiger partial charge in [-0.15, -0.1) is 10.2 Å². The Kier molecular flexibility index (Phi) is 5.35. The van der Waals surface area contributed by atoms with Crippen molar-refractivity contribution in [3.05, 3.63) is 59.5 Å². The van der Waals surface area contributed by atoms with Gasteiger partial charge in [0.2, 0.25) is 0 Å². The first-order valence-corrected chi connectivity index (χ1v) is 11.4. The summed E-state index contributed by atoms with van der Waals surface area (Å²) < 4.78 is 1.80. The zero-order valence-corrected chi connectivity index (χ0v) is 18.9. The zero-order chi connectivity index (χ0) is 22.2. The Morgan fingerprint density at radius 2 is 1.72 bits per heavy atom. The Hall–Kier alpha value is -3.32. The van der Waals surface area contributed by atoms with Gasteiger partial charge in [-0.05, 0) is 36.2 Å². The van der Waals surface area contributed by atoms with Crippen molar-refractivity contribution in [2.24, 2.45) is 0 Å². The van der Waals surface area contributed by atoms with Gasteiger partial charge in [-0.25, -0.2) is 4.52 Å². The number of aryl methyl sites for hydroxylation is 2. The number of hydrogen-bond donors (Lipinski definition) is 0. The second kappa shape index (κ2) is 8.31. The minimum atomic E-state index is -0.0621. The first-order chi connectivity index (χ1) is 15.6. The lowest BCUT2D eigenvalue weighted by Crippen LogP contribution is -2.48. The van der Waals surface area contributed by atoms with Gasteiger partial charge in [-0.1, -0.05) is 56.3 Å². The van der Waals surface area contributed by atoms with Crippen LogP contribution in [0.3, 0.4) is 0 Å². The van der Waals surface area contributed by atoms with Crippen molar-refractivity contribution in [1.29, 1.82) is 0 Å². The quantitative estimate of drug-likeness (QED) is 0.497. The molecule has 5 rings (SSSR count).